The highest BCUT2D eigenvalue weighted by atomic mass is 16.6. The Bertz CT molecular complexity index is 632. The summed E-state index contributed by atoms with van der Waals surface area (Å²) in [6.45, 7) is 2.00. The van der Waals surface area contributed by atoms with Gasteiger partial charge in [0.15, 0.2) is 0 Å². The number of likely N-dealkylation sites (tertiary alicyclic amines) is 1. The summed E-state index contributed by atoms with van der Waals surface area (Å²) in [5.74, 6) is -2.04. The van der Waals surface area contributed by atoms with Crippen LogP contribution >= 0.6 is 0 Å². The van der Waals surface area contributed by atoms with Crippen LogP contribution in [0.4, 0.5) is 4.79 Å². The number of carbonyl (C=O) groups is 3. The van der Waals surface area contributed by atoms with Gasteiger partial charge >= 0.3 is 18.0 Å². The highest BCUT2D eigenvalue weighted by Crippen LogP contribution is 2.32. The summed E-state index contributed by atoms with van der Waals surface area (Å²) in [5, 5.41) is 8.83. The van der Waals surface area contributed by atoms with Crippen molar-refractivity contribution in [2.45, 2.75) is 50.7 Å². The van der Waals surface area contributed by atoms with Gasteiger partial charge in [0, 0.05) is 6.54 Å². The number of methoxy groups -OCH3 is 1. The Morgan fingerprint density at radius 2 is 1.92 bits per heavy atom. The van der Waals surface area contributed by atoms with E-state index in [-0.39, 0.29) is 12.5 Å². The third kappa shape index (κ3) is 4.97. The first-order valence-electron chi connectivity index (χ1n) is 8.75. The molecular formula is C19H25NO6. The van der Waals surface area contributed by atoms with Crippen LogP contribution in [0.3, 0.4) is 0 Å². The van der Waals surface area contributed by atoms with E-state index in [0.29, 0.717) is 13.0 Å². The van der Waals surface area contributed by atoms with E-state index in [4.69, 9.17) is 14.6 Å². The summed E-state index contributed by atoms with van der Waals surface area (Å²) >= 11 is 0. The number of nitrogens with zero attached hydrogens (tertiary/aromatic N) is 1. The Balaban J connectivity index is 2.23. The zero-order valence-corrected chi connectivity index (χ0v) is 15.1. The molecule has 0 saturated carbocycles. The fourth-order valence-electron chi connectivity index (χ4n) is 3.36. The Morgan fingerprint density at radius 1 is 1.23 bits per heavy atom. The van der Waals surface area contributed by atoms with Crippen LogP contribution < -0.4 is 0 Å². The number of rotatable bonds is 6. The molecule has 142 valence electrons. The van der Waals surface area contributed by atoms with Gasteiger partial charge in [-0.2, -0.15) is 0 Å². The van der Waals surface area contributed by atoms with Gasteiger partial charge < -0.3 is 19.5 Å². The third-order valence-electron chi connectivity index (χ3n) is 4.55. The molecule has 1 aliphatic heterocycles. The molecule has 1 aromatic carbocycles. The SMILES string of the molecule is COC(=O)C(c1ccccc1)C1CCCCN1C(=O)OC(C)CC(=O)O. The monoisotopic (exact) mass is 363 g/mol. The Hall–Kier alpha value is -2.57. The molecule has 3 atom stereocenters. The van der Waals surface area contributed by atoms with Gasteiger partial charge in [0.25, 0.3) is 0 Å². The molecule has 1 fully saturated rings. The summed E-state index contributed by atoms with van der Waals surface area (Å²) in [5.41, 5.74) is 0.780. The van der Waals surface area contributed by atoms with E-state index in [0.717, 1.165) is 18.4 Å². The van der Waals surface area contributed by atoms with E-state index < -0.39 is 30.1 Å². The maximum atomic E-state index is 12.6. The Labute approximate surface area is 152 Å². The molecule has 1 saturated heterocycles. The Kier molecular flexibility index (Phi) is 7.00. The minimum Gasteiger partial charge on any atom is -0.481 e. The van der Waals surface area contributed by atoms with Crippen molar-refractivity contribution >= 4 is 18.0 Å². The van der Waals surface area contributed by atoms with Crippen LogP contribution in [-0.2, 0) is 19.1 Å². The topological polar surface area (TPSA) is 93.1 Å². The van der Waals surface area contributed by atoms with Crippen LogP contribution in [-0.4, -0.2) is 53.8 Å². The normalized spacial score (nSPS) is 19.3. The lowest BCUT2D eigenvalue weighted by Gasteiger charge is -2.39. The van der Waals surface area contributed by atoms with Crippen molar-refractivity contribution in [2.75, 3.05) is 13.7 Å². The van der Waals surface area contributed by atoms with Gasteiger partial charge in [-0.3, -0.25) is 9.59 Å². The summed E-state index contributed by atoms with van der Waals surface area (Å²) in [6, 6.07) is 8.83. The number of carboxylic acid groups (broad SMARTS) is 1. The standard InChI is InChI=1S/C19H25NO6/c1-13(12-16(21)22)26-19(24)20-11-7-6-10-15(20)17(18(23)25-2)14-8-4-3-5-9-14/h3-5,8-9,13,15,17H,6-7,10-12H2,1-2H3,(H,21,22). The van der Waals surface area contributed by atoms with E-state index in [1.807, 2.05) is 30.3 Å². The lowest BCUT2D eigenvalue weighted by Crippen LogP contribution is -2.49. The number of aliphatic carboxylic acids is 1. The molecule has 0 aliphatic carbocycles. The van der Waals surface area contributed by atoms with Crippen LogP contribution in [0.1, 0.15) is 44.1 Å². The van der Waals surface area contributed by atoms with Crippen LogP contribution in [0.5, 0.6) is 0 Å². The highest BCUT2D eigenvalue weighted by molar-refractivity contribution is 5.80. The first-order valence-corrected chi connectivity index (χ1v) is 8.75. The quantitative estimate of drug-likeness (QED) is 0.781. The van der Waals surface area contributed by atoms with Gasteiger partial charge in [-0.15, -0.1) is 0 Å². The number of hydrogen-bond donors (Lipinski definition) is 1. The predicted molar refractivity (Wildman–Crippen MR) is 93.7 cm³/mol. The Morgan fingerprint density at radius 3 is 2.54 bits per heavy atom. The largest absolute Gasteiger partial charge is 0.481 e. The fourth-order valence-corrected chi connectivity index (χ4v) is 3.36. The zero-order chi connectivity index (χ0) is 19.1. The molecule has 1 N–H and O–H groups in total. The van der Waals surface area contributed by atoms with E-state index in [1.54, 1.807) is 6.92 Å². The second-order valence-corrected chi connectivity index (χ2v) is 6.46. The number of carbonyl (C=O) groups excluding carboxylic acids is 2. The third-order valence-corrected chi connectivity index (χ3v) is 4.55. The second kappa shape index (κ2) is 9.22. The van der Waals surface area contributed by atoms with Gasteiger partial charge in [-0.1, -0.05) is 30.3 Å². The summed E-state index contributed by atoms with van der Waals surface area (Å²) < 4.78 is 10.3. The fraction of sp³-hybridized carbons (Fsp3) is 0.526. The molecular weight excluding hydrogens is 338 g/mol. The van der Waals surface area contributed by atoms with Crippen molar-refractivity contribution in [1.29, 1.82) is 0 Å². The molecule has 0 spiro atoms. The zero-order valence-electron chi connectivity index (χ0n) is 15.1. The second-order valence-electron chi connectivity index (χ2n) is 6.46. The summed E-state index contributed by atoms with van der Waals surface area (Å²) in [6.07, 6.45) is 0.755. The van der Waals surface area contributed by atoms with Crippen molar-refractivity contribution in [3.8, 4) is 0 Å². The maximum absolute atomic E-state index is 12.6. The van der Waals surface area contributed by atoms with Gasteiger partial charge in [0.05, 0.1) is 19.6 Å². The minimum absolute atomic E-state index is 0.261. The van der Waals surface area contributed by atoms with E-state index in [9.17, 15) is 14.4 Å². The van der Waals surface area contributed by atoms with Gasteiger partial charge in [-0.05, 0) is 31.7 Å². The van der Waals surface area contributed by atoms with Crippen LogP contribution in [0.25, 0.3) is 0 Å². The molecule has 0 radical (unpaired) electrons. The molecule has 2 rings (SSSR count). The number of ether oxygens (including phenoxy) is 2. The number of hydrogen-bond acceptors (Lipinski definition) is 5. The van der Waals surface area contributed by atoms with E-state index in [1.165, 1.54) is 12.0 Å². The predicted octanol–water partition coefficient (Wildman–Crippen LogP) is 2.80. The average Bonchev–Trinajstić information content (AvgIpc) is 2.62. The van der Waals surface area contributed by atoms with Crippen LogP contribution in [0.2, 0.25) is 0 Å². The molecule has 26 heavy (non-hydrogen) atoms. The van der Waals surface area contributed by atoms with E-state index in [2.05, 4.69) is 0 Å². The first-order chi connectivity index (χ1) is 12.4. The molecule has 1 aromatic rings. The smallest absolute Gasteiger partial charge is 0.410 e. The number of carboxylic acids is 1. The molecule has 7 heteroatoms. The molecule has 1 heterocycles. The molecule has 1 aliphatic rings. The highest BCUT2D eigenvalue weighted by Gasteiger charge is 2.39. The molecule has 3 unspecified atom stereocenters. The first kappa shape index (κ1) is 19.8. The lowest BCUT2D eigenvalue weighted by atomic mass is 9.85. The van der Waals surface area contributed by atoms with Gasteiger partial charge in [0.1, 0.15) is 12.0 Å². The van der Waals surface area contributed by atoms with Crippen molar-refractivity contribution < 1.29 is 29.0 Å². The minimum atomic E-state index is -1.03. The molecule has 0 aromatic heterocycles. The van der Waals surface area contributed by atoms with Crippen molar-refractivity contribution in [3.05, 3.63) is 35.9 Å². The van der Waals surface area contributed by atoms with Crippen molar-refractivity contribution in [2.24, 2.45) is 0 Å². The van der Waals surface area contributed by atoms with Crippen molar-refractivity contribution in [1.82, 2.24) is 4.90 Å². The maximum Gasteiger partial charge on any atom is 0.410 e. The van der Waals surface area contributed by atoms with Gasteiger partial charge in [-0.25, -0.2) is 4.79 Å². The molecule has 1 amide bonds. The van der Waals surface area contributed by atoms with Crippen molar-refractivity contribution in [3.63, 3.8) is 0 Å². The van der Waals surface area contributed by atoms with E-state index >= 15 is 0 Å². The summed E-state index contributed by atoms with van der Waals surface area (Å²) in [4.78, 5) is 37.4. The van der Waals surface area contributed by atoms with Crippen LogP contribution in [0.15, 0.2) is 30.3 Å². The number of piperidine rings is 1. The molecule has 0 bridgehead atoms. The lowest BCUT2D eigenvalue weighted by molar-refractivity contribution is -0.144. The number of amides is 1. The number of benzene rings is 1. The number of esters is 1. The summed E-state index contributed by atoms with van der Waals surface area (Å²) in [7, 11) is 1.33. The average molecular weight is 363 g/mol. The van der Waals surface area contributed by atoms with Gasteiger partial charge in [0.2, 0.25) is 0 Å². The van der Waals surface area contributed by atoms with Crippen LogP contribution in [0, 0.1) is 0 Å². The molecule has 7 nitrogen and oxygen atoms in total.